The number of aryl methyl sites for hydroxylation is 2. The molecule has 0 fully saturated rings. The highest BCUT2D eigenvalue weighted by molar-refractivity contribution is 7.89. The van der Waals surface area contributed by atoms with Crippen LogP contribution in [-0.4, -0.2) is 23.5 Å². The summed E-state index contributed by atoms with van der Waals surface area (Å²) in [6.07, 6.45) is 4.41. The Morgan fingerprint density at radius 2 is 1.76 bits per heavy atom. The lowest BCUT2D eigenvalue weighted by Crippen LogP contribution is -2.22. The number of imidazole rings is 1. The Morgan fingerprint density at radius 1 is 1.03 bits per heavy atom. The molecule has 4 rings (SSSR count). The summed E-state index contributed by atoms with van der Waals surface area (Å²) in [4.78, 5) is 24.5. The van der Waals surface area contributed by atoms with E-state index in [1.807, 2.05) is 0 Å². The van der Waals surface area contributed by atoms with Crippen molar-refractivity contribution in [1.82, 2.24) is 13.9 Å². The predicted octanol–water partition coefficient (Wildman–Crippen LogP) is 2.60. The van der Waals surface area contributed by atoms with Crippen molar-refractivity contribution < 1.29 is 17.6 Å². The van der Waals surface area contributed by atoms with Crippen LogP contribution >= 0.6 is 0 Å². The number of furan rings is 1. The second kappa shape index (κ2) is 8.93. The van der Waals surface area contributed by atoms with E-state index in [9.17, 15) is 18.0 Å². The van der Waals surface area contributed by atoms with Crippen LogP contribution < -0.4 is 15.7 Å². The summed E-state index contributed by atoms with van der Waals surface area (Å²) in [6.45, 7) is 0.0556. The molecule has 0 aliphatic rings. The zero-order valence-corrected chi connectivity index (χ0v) is 18.8. The van der Waals surface area contributed by atoms with Gasteiger partial charge in [0.25, 0.3) is 0 Å². The molecule has 0 saturated carbocycles. The van der Waals surface area contributed by atoms with E-state index in [1.54, 1.807) is 62.6 Å². The molecule has 170 valence electrons. The molecular weight excluding hydrogens is 444 g/mol. The fourth-order valence-corrected chi connectivity index (χ4v) is 4.35. The third kappa shape index (κ3) is 4.81. The molecule has 0 atom stereocenters. The molecule has 9 nitrogen and oxygen atoms in total. The largest absolute Gasteiger partial charge is 0.468 e. The maximum atomic E-state index is 12.4. The summed E-state index contributed by atoms with van der Waals surface area (Å²) in [5.41, 5.74) is 2.56. The van der Waals surface area contributed by atoms with Crippen LogP contribution in [0, 0.1) is 0 Å². The fraction of sp³-hybridized carbons (Fsp3) is 0.130. The molecular formula is C23H22N4O5S. The van der Waals surface area contributed by atoms with Crippen molar-refractivity contribution in [2.45, 2.75) is 11.4 Å². The van der Waals surface area contributed by atoms with Crippen molar-refractivity contribution in [3.05, 3.63) is 88.7 Å². The Hall–Kier alpha value is -3.89. The number of carbonyl (C=O) groups is 1. The van der Waals surface area contributed by atoms with Gasteiger partial charge in [0, 0.05) is 25.9 Å². The molecule has 4 aromatic rings. The molecule has 10 heteroatoms. The third-order valence-corrected chi connectivity index (χ3v) is 6.59. The number of benzene rings is 2. The molecule has 0 saturated heterocycles. The first-order chi connectivity index (χ1) is 15.7. The summed E-state index contributed by atoms with van der Waals surface area (Å²) in [5.74, 6) is 0.157. The van der Waals surface area contributed by atoms with E-state index in [-0.39, 0.29) is 23.0 Å². The number of nitrogens with zero attached hydrogens (tertiary/aromatic N) is 2. The van der Waals surface area contributed by atoms with Crippen LogP contribution in [0.2, 0.25) is 0 Å². The van der Waals surface area contributed by atoms with Gasteiger partial charge in [0.15, 0.2) is 0 Å². The van der Waals surface area contributed by atoms with E-state index in [2.05, 4.69) is 10.0 Å². The Balaban J connectivity index is 1.40. The van der Waals surface area contributed by atoms with E-state index in [4.69, 9.17) is 4.42 Å². The van der Waals surface area contributed by atoms with Crippen molar-refractivity contribution in [3.63, 3.8) is 0 Å². The highest BCUT2D eigenvalue weighted by Gasteiger charge is 2.14. The van der Waals surface area contributed by atoms with Gasteiger partial charge in [-0.3, -0.25) is 13.9 Å². The molecule has 0 bridgehead atoms. The van der Waals surface area contributed by atoms with Crippen molar-refractivity contribution in [2.24, 2.45) is 14.1 Å². The molecule has 0 aliphatic heterocycles. The number of sulfonamides is 1. The van der Waals surface area contributed by atoms with Crippen molar-refractivity contribution >= 4 is 38.7 Å². The van der Waals surface area contributed by atoms with Gasteiger partial charge in [0.2, 0.25) is 15.9 Å². The van der Waals surface area contributed by atoms with Crippen LogP contribution in [0.1, 0.15) is 11.3 Å². The number of aromatic nitrogens is 2. The monoisotopic (exact) mass is 466 g/mol. The van der Waals surface area contributed by atoms with Gasteiger partial charge in [-0.25, -0.2) is 17.9 Å². The lowest BCUT2D eigenvalue weighted by molar-refractivity contribution is -0.111. The zero-order chi connectivity index (χ0) is 23.6. The van der Waals surface area contributed by atoms with Gasteiger partial charge in [-0.15, -0.1) is 0 Å². The first-order valence-electron chi connectivity index (χ1n) is 10.0. The van der Waals surface area contributed by atoms with Crippen molar-refractivity contribution in [2.75, 3.05) is 5.32 Å². The zero-order valence-electron chi connectivity index (χ0n) is 18.0. The third-order valence-electron chi connectivity index (χ3n) is 5.17. The molecule has 1 amide bonds. The summed E-state index contributed by atoms with van der Waals surface area (Å²) in [6, 6.07) is 14.7. The SMILES string of the molecule is Cn1c(=O)n(C)c2cc(NC(=O)/C=C/c3ccc(S(=O)(=O)NCc4ccco4)cc3)ccc21. The molecule has 33 heavy (non-hydrogen) atoms. The van der Waals surface area contributed by atoms with Gasteiger partial charge in [0.1, 0.15) is 5.76 Å². The Bertz CT molecular complexity index is 1490. The van der Waals surface area contributed by atoms with Gasteiger partial charge in [-0.1, -0.05) is 12.1 Å². The minimum absolute atomic E-state index is 0.0556. The molecule has 2 heterocycles. The molecule has 2 N–H and O–H groups in total. The summed E-state index contributed by atoms with van der Waals surface area (Å²) >= 11 is 0. The highest BCUT2D eigenvalue weighted by Crippen LogP contribution is 2.18. The summed E-state index contributed by atoms with van der Waals surface area (Å²) in [5, 5.41) is 2.76. The van der Waals surface area contributed by atoms with E-state index < -0.39 is 10.0 Å². The molecule has 0 aliphatic carbocycles. The number of carbonyl (C=O) groups excluding carboxylic acids is 1. The maximum absolute atomic E-state index is 12.4. The van der Waals surface area contributed by atoms with Crippen LogP contribution in [0.25, 0.3) is 17.1 Å². The Kier molecular flexibility index (Phi) is 6.03. The summed E-state index contributed by atoms with van der Waals surface area (Å²) < 4.78 is 35.4. The Labute approximate surface area is 190 Å². The second-order valence-corrected chi connectivity index (χ2v) is 9.17. The van der Waals surface area contributed by atoms with Gasteiger partial charge >= 0.3 is 5.69 Å². The molecule has 2 aromatic heterocycles. The minimum Gasteiger partial charge on any atom is -0.468 e. The minimum atomic E-state index is -3.69. The van der Waals surface area contributed by atoms with Crippen molar-refractivity contribution in [1.29, 1.82) is 0 Å². The van der Waals surface area contributed by atoms with E-state index >= 15 is 0 Å². The molecule has 2 aromatic carbocycles. The quantitative estimate of drug-likeness (QED) is 0.406. The van der Waals surface area contributed by atoms with E-state index in [0.717, 1.165) is 5.52 Å². The van der Waals surface area contributed by atoms with Crippen LogP contribution in [0.5, 0.6) is 0 Å². The fourth-order valence-electron chi connectivity index (χ4n) is 3.36. The highest BCUT2D eigenvalue weighted by atomic mass is 32.2. The Morgan fingerprint density at radius 3 is 2.45 bits per heavy atom. The standard InChI is InChI=1S/C23H22N4O5S/c1-26-20-11-8-17(14-21(20)27(2)23(26)29)25-22(28)12-7-16-5-9-19(10-6-16)33(30,31)24-15-18-4-3-13-32-18/h3-14,24H,15H2,1-2H3,(H,25,28)/b12-7+. The van der Waals surface area contributed by atoms with Gasteiger partial charge in [-0.05, 0) is 54.1 Å². The lowest BCUT2D eigenvalue weighted by atomic mass is 10.2. The normalized spacial score (nSPS) is 11.9. The number of nitrogens with one attached hydrogen (secondary N) is 2. The van der Waals surface area contributed by atoms with Crippen LogP contribution in [-0.2, 0) is 35.5 Å². The first-order valence-corrected chi connectivity index (χ1v) is 11.5. The second-order valence-electron chi connectivity index (χ2n) is 7.40. The summed E-state index contributed by atoms with van der Waals surface area (Å²) in [7, 11) is -0.322. The molecule has 0 spiro atoms. The van der Waals surface area contributed by atoms with Crippen molar-refractivity contribution in [3.8, 4) is 0 Å². The van der Waals surface area contributed by atoms with E-state index in [1.165, 1.54) is 33.6 Å². The van der Waals surface area contributed by atoms with E-state index in [0.29, 0.717) is 22.5 Å². The van der Waals surface area contributed by atoms with Crippen LogP contribution in [0.4, 0.5) is 5.69 Å². The van der Waals surface area contributed by atoms with Crippen LogP contribution in [0.3, 0.4) is 0 Å². The van der Waals surface area contributed by atoms with Gasteiger partial charge < -0.3 is 9.73 Å². The number of anilines is 1. The average Bonchev–Trinajstić information content (AvgIpc) is 3.40. The number of hydrogen-bond acceptors (Lipinski definition) is 5. The average molecular weight is 467 g/mol. The number of fused-ring (bicyclic) bond motifs is 1. The number of rotatable bonds is 7. The topological polar surface area (TPSA) is 115 Å². The molecule has 0 unspecified atom stereocenters. The lowest BCUT2D eigenvalue weighted by Gasteiger charge is -2.06. The number of amides is 1. The number of hydrogen-bond donors (Lipinski definition) is 2. The smallest absolute Gasteiger partial charge is 0.328 e. The molecule has 0 radical (unpaired) electrons. The predicted molar refractivity (Wildman–Crippen MR) is 125 cm³/mol. The van der Waals surface area contributed by atoms with Gasteiger partial charge in [0.05, 0.1) is 28.7 Å². The van der Waals surface area contributed by atoms with Gasteiger partial charge in [-0.2, -0.15) is 0 Å². The first kappa shape index (κ1) is 22.3. The van der Waals surface area contributed by atoms with Crippen LogP contribution in [0.15, 0.2) is 81.0 Å². The maximum Gasteiger partial charge on any atom is 0.328 e.